The van der Waals surface area contributed by atoms with E-state index in [4.69, 9.17) is 14.5 Å². The van der Waals surface area contributed by atoms with Gasteiger partial charge in [-0.3, -0.25) is 19.7 Å². The molecule has 1 aliphatic rings. The second kappa shape index (κ2) is 11.9. The number of hydrogen-bond donors (Lipinski definition) is 0. The maximum atomic E-state index is 15.0. The number of pyridine rings is 2. The number of benzene rings is 2. The van der Waals surface area contributed by atoms with Gasteiger partial charge >= 0.3 is 5.97 Å². The van der Waals surface area contributed by atoms with Gasteiger partial charge in [0.25, 0.3) is 0 Å². The van der Waals surface area contributed by atoms with Crippen LogP contribution in [0.25, 0.3) is 20.8 Å². The number of thiophene rings is 1. The summed E-state index contributed by atoms with van der Waals surface area (Å²) in [4.78, 5) is 24.9. The van der Waals surface area contributed by atoms with Gasteiger partial charge in [-0.1, -0.05) is 36.8 Å². The number of hydrogen-bond acceptors (Lipinski definition) is 7. The summed E-state index contributed by atoms with van der Waals surface area (Å²) in [6, 6.07) is 21.2. The van der Waals surface area contributed by atoms with E-state index in [0.29, 0.717) is 17.1 Å². The lowest BCUT2D eigenvalue weighted by Crippen LogP contribution is -2.29. The van der Waals surface area contributed by atoms with Crippen molar-refractivity contribution in [2.45, 2.75) is 32.2 Å². The quantitative estimate of drug-likeness (QED) is 0.147. The normalized spacial score (nSPS) is 13.8. The van der Waals surface area contributed by atoms with Gasteiger partial charge in [0, 0.05) is 25.0 Å². The first kappa shape index (κ1) is 26.1. The molecule has 0 aliphatic carbocycles. The molecule has 0 radical (unpaired) electrons. The zero-order chi connectivity index (χ0) is 27.3. The van der Waals surface area contributed by atoms with Crippen LogP contribution in [0, 0.1) is 5.82 Å². The van der Waals surface area contributed by atoms with Gasteiger partial charge < -0.3 is 9.47 Å². The summed E-state index contributed by atoms with van der Waals surface area (Å²) in [7, 11) is 0. The molecule has 0 N–H and O–H groups in total. The Morgan fingerprint density at radius 3 is 2.50 bits per heavy atom. The number of carbonyl (C=O) groups excluding carboxylic acids is 1. The lowest BCUT2D eigenvalue weighted by Gasteiger charge is -2.26. The number of ether oxygens (including phenoxy) is 2. The molecule has 3 aromatic heterocycles. The van der Waals surface area contributed by atoms with Crippen LogP contribution in [0.4, 0.5) is 4.39 Å². The molecule has 0 saturated carbocycles. The monoisotopic (exact) mass is 553 g/mol. The molecular weight excluding hydrogens is 525 g/mol. The van der Waals surface area contributed by atoms with Crippen molar-refractivity contribution in [2.75, 3.05) is 13.1 Å². The van der Waals surface area contributed by atoms with Crippen LogP contribution in [0.1, 0.15) is 30.4 Å². The lowest BCUT2D eigenvalue weighted by atomic mass is 10.1. The molecule has 5 aromatic rings. The first-order valence-corrected chi connectivity index (χ1v) is 14.2. The average Bonchev–Trinajstić information content (AvgIpc) is 3.41. The van der Waals surface area contributed by atoms with Gasteiger partial charge in [-0.2, -0.15) is 0 Å². The van der Waals surface area contributed by atoms with Crippen molar-refractivity contribution in [3.8, 4) is 27.8 Å². The van der Waals surface area contributed by atoms with Gasteiger partial charge in [0.15, 0.2) is 11.6 Å². The summed E-state index contributed by atoms with van der Waals surface area (Å²) in [6.07, 6.45) is 7.40. The molecule has 2 aromatic carbocycles. The van der Waals surface area contributed by atoms with Crippen molar-refractivity contribution in [2.24, 2.45) is 0 Å². The van der Waals surface area contributed by atoms with Gasteiger partial charge in [-0.25, -0.2) is 4.39 Å². The molecule has 1 fully saturated rings. The number of esters is 1. The Hall–Kier alpha value is -4.14. The van der Waals surface area contributed by atoms with E-state index in [9.17, 15) is 9.18 Å². The van der Waals surface area contributed by atoms with Crippen LogP contribution in [0.2, 0.25) is 0 Å². The van der Waals surface area contributed by atoms with Gasteiger partial charge in [-0.05, 0) is 73.5 Å². The Bertz CT molecular complexity index is 1620. The molecule has 202 valence electrons. The van der Waals surface area contributed by atoms with E-state index < -0.39 is 11.8 Å². The van der Waals surface area contributed by atoms with E-state index >= 15 is 0 Å². The van der Waals surface area contributed by atoms with Crippen LogP contribution in [0.5, 0.6) is 17.2 Å². The van der Waals surface area contributed by atoms with Crippen molar-refractivity contribution < 1.29 is 18.7 Å². The maximum absolute atomic E-state index is 15.0. The molecule has 8 heteroatoms. The second-order valence-corrected chi connectivity index (χ2v) is 10.9. The summed E-state index contributed by atoms with van der Waals surface area (Å²) in [5, 5.41) is 0. The third-order valence-corrected chi connectivity index (χ3v) is 8.01. The second-order valence-electron chi connectivity index (χ2n) is 9.85. The van der Waals surface area contributed by atoms with Crippen molar-refractivity contribution in [1.29, 1.82) is 0 Å². The Morgan fingerprint density at radius 1 is 0.900 bits per heavy atom. The van der Waals surface area contributed by atoms with Crippen molar-refractivity contribution in [3.05, 3.63) is 102 Å². The SMILES string of the molecule is O=C(Cc1ccc(Oc2ccnc3cc(-c4ccc(CN5CCCCC5)cn4)sc23)c(F)c1)Oc1ccccc1. The van der Waals surface area contributed by atoms with Gasteiger partial charge in [0.1, 0.15) is 11.5 Å². The number of likely N-dealkylation sites (tertiary alicyclic amines) is 1. The average molecular weight is 554 g/mol. The number of carbonyl (C=O) groups is 1. The third kappa shape index (κ3) is 6.19. The summed E-state index contributed by atoms with van der Waals surface area (Å²) in [6.45, 7) is 3.23. The van der Waals surface area contributed by atoms with Crippen LogP contribution in [0.3, 0.4) is 0 Å². The minimum absolute atomic E-state index is 0.0519. The summed E-state index contributed by atoms with van der Waals surface area (Å²) >= 11 is 1.51. The smallest absolute Gasteiger partial charge is 0.315 e. The summed E-state index contributed by atoms with van der Waals surface area (Å²) in [5.74, 6) is 0.0153. The largest absolute Gasteiger partial charge is 0.453 e. The molecule has 0 amide bonds. The van der Waals surface area contributed by atoms with Gasteiger partial charge in [0.05, 0.1) is 27.2 Å². The predicted molar refractivity (Wildman–Crippen MR) is 154 cm³/mol. The molecule has 1 aliphatic heterocycles. The highest BCUT2D eigenvalue weighted by Crippen LogP contribution is 2.39. The topological polar surface area (TPSA) is 64.5 Å². The fourth-order valence-corrected chi connectivity index (χ4v) is 5.88. The zero-order valence-corrected chi connectivity index (χ0v) is 22.7. The minimum Gasteiger partial charge on any atom is -0.453 e. The van der Waals surface area contributed by atoms with Crippen molar-refractivity contribution >= 4 is 27.5 Å². The molecule has 6 rings (SSSR count). The highest BCUT2D eigenvalue weighted by Gasteiger charge is 2.16. The number of nitrogens with zero attached hydrogens (tertiary/aromatic N) is 3. The van der Waals surface area contributed by atoms with Crippen molar-refractivity contribution in [1.82, 2.24) is 14.9 Å². The Morgan fingerprint density at radius 2 is 1.73 bits per heavy atom. The number of para-hydroxylation sites is 1. The molecule has 6 nitrogen and oxygen atoms in total. The summed E-state index contributed by atoms with van der Waals surface area (Å²) < 4.78 is 27.1. The highest BCUT2D eigenvalue weighted by atomic mass is 32.1. The first-order valence-electron chi connectivity index (χ1n) is 13.4. The van der Waals surface area contributed by atoms with Crippen LogP contribution in [-0.4, -0.2) is 33.9 Å². The molecule has 0 spiro atoms. The van der Waals surface area contributed by atoms with Crippen LogP contribution >= 0.6 is 11.3 Å². The predicted octanol–water partition coefficient (Wildman–Crippen LogP) is 7.42. The fraction of sp³-hybridized carbons (Fsp3) is 0.219. The van der Waals surface area contributed by atoms with E-state index in [1.165, 1.54) is 48.3 Å². The minimum atomic E-state index is -0.558. The van der Waals surface area contributed by atoms with Gasteiger partial charge in [0.2, 0.25) is 0 Å². The number of piperidine rings is 1. The molecule has 0 atom stereocenters. The van der Waals surface area contributed by atoms with Crippen LogP contribution < -0.4 is 9.47 Å². The lowest BCUT2D eigenvalue weighted by molar-refractivity contribution is -0.133. The Kier molecular flexibility index (Phi) is 7.79. The Balaban J connectivity index is 1.15. The van der Waals surface area contributed by atoms with E-state index in [2.05, 4.69) is 16.0 Å². The van der Waals surface area contributed by atoms with Crippen molar-refractivity contribution in [3.63, 3.8) is 0 Å². The van der Waals surface area contributed by atoms with E-state index in [0.717, 1.165) is 40.4 Å². The standard InChI is InChI=1S/C32H28FN3O3S/c33-25-17-22(18-31(37)38-24-7-3-1-4-8-24)10-12-28(25)39-29-13-14-34-27-19-30(40-32(27)29)26-11-9-23(20-35-26)21-36-15-5-2-6-16-36/h1,3-4,7-14,17,19-20H,2,5-6,15-16,18,21H2. The zero-order valence-electron chi connectivity index (χ0n) is 21.9. The van der Waals surface area contributed by atoms with Gasteiger partial charge in [-0.15, -0.1) is 11.3 Å². The molecule has 1 saturated heterocycles. The van der Waals surface area contributed by atoms with E-state index in [-0.39, 0.29) is 12.2 Å². The summed E-state index contributed by atoms with van der Waals surface area (Å²) in [5.41, 5.74) is 3.34. The Labute approximate surface area is 236 Å². The maximum Gasteiger partial charge on any atom is 0.315 e. The van der Waals surface area contributed by atoms with Crippen LogP contribution in [-0.2, 0) is 17.8 Å². The third-order valence-electron chi connectivity index (χ3n) is 6.85. The number of rotatable bonds is 8. The van der Waals surface area contributed by atoms with E-state index in [1.54, 1.807) is 42.6 Å². The first-order chi connectivity index (χ1) is 19.6. The number of aromatic nitrogens is 2. The molecule has 0 bridgehead atoms. The molecule has 4 heterocycles. The molecular formula is C32H28FN3O3S. The molecule has 40 heavy (non-hydrogen) atoms. The fourth-order valence-electron chi connectivity index (χ4n) is 4.84. The highest BCUT2D eigenvalue weighted by molar-refractivity contribution is 7.22. The molecule has 0 unspecified atom stereocenters. The van der Waals surface area contributed by atoms with E-state index in [1.807, 2.05) is 24.4 Å². The number of fused-ring (bicyclic) bond motifs is 1. The number of halogens is 1. The van der Waals surface area contributed by atoms with Crippen LogP contribution in [0.15, 0.2) is 85.2 Å².